The van der Waals surface area contributed by atoms with E-state index in [1.165, 1.54) is 105 Å². The Kier molecular flexibility index (Phi) is 7.34. The van der Waals surface area contributed by atoms with Crippen molar-refractivity contribution in [3.63, 3.8) is 0 Å². The molecule has 0 radical (unpaired) electrons. The van der Waals surface area contributed by atoms with E-state index < -0.39 is 0 Å². The lowest BCUT2D eigenvalue weighted by Crippen LogP contribution is -2.59. The highest BCUT2D eigenvalue weighted by Gasteiger charge is 2.44. The summed E-state index contributed by atoms with van der Waals surface area (Å²) in [6.45, 7) is 6.85. The first kappa shape index (κ1) is 32.6. The smallest absolute Gasteiger partial charge is 0.248 e. The first-order valence-electron chi connectivity index (χ1n) is 19.6. The van der Waals surface area contributed by atoms with Crippen molar-refractivity contribution in [2.45, 2.75) is 20.8 Å². The van der Waals surface area contributed by atoms with Crippen LogP contribution in [-0.4, -0.2) is 6.71 Å². The molecule has 0 fully saturated rings. The van der Waals surface area contributed by atoms with Gasteiger partial charge in [0.2, 0.25) is 6.71 Å². The summed E-state index contributed by atoms with van der Waals surface area (Å²) < 4.78 is 0. The summed E-state index contributed by atoms with van der Waals surface area (Å²) in [4.78, 5) is 5.14. The topological polar surface area (TPSA) is 6.48 Å². The van der Waals surface area contributed by atoms with E-state index in [0.29, 0.717) is 0 Å². The largest absolute Gasteiger partial charge is 0.307 e. The van der Waals surface area contributed by atoms with Gasteiger partial charge in [0.25, 0.3) is 0 Å². The molecule has 0 saturated heterocycles. The van der Waals surface area contributed by atoms with Crippen LogP contribution < -0.4 is 26.2 Å². The molecule has 0 spiro atoms. The van der Waals surface area contributed by atoms with Crippen molar-refractivity contribution in [2.24, 2.45) is 0 Å². The van der Waals surface area contributed by atoms with Crippen molar-refractivity contribution in [1.82, 2.24) is 0 Å². The third-order valence-corrected chi connectivity index (χ3v) is 12.0. The first-order valence-corrected chi connectivity index (χ1v) is 19.6. The van der Waals surface area contributed by atoms with E-state index in [4.69, 9.17) is 0 Å². The number of aryl methyl sites for hydroxylation is 3. The van der Waals surface area contributed by atoms with Gasteiger partial charge in [-0.25, -0.2) is 0 Å². The highest BCUT2D eigenvalue weighted by atomic mass is 15.3. The van der Waals surface area contributed by atoms with Gasteiger partial charge in [0, 0.05) is 11.4 Å². The Morgan fingerprint density at radius 2 is 0.929 bits per heavy atom. The van der Waals surface area contributed by atoms with Crippen molar-refractivity contribution in [2.75, 3.05) is 9.80 Å². The minimum Gasteiger partial charge on any atom is -0.307 e. The third-order valence-electron chi connectivity index (χ3n) is 12.0. The molecular weight excluding hydrogens is 675 g/mol. The average molecular weight is 715 g/mol. The van der Waals surface area contributed by atoms with Gasteiger partial charge in [-0.15, -0.1) is 0 Å². The van der Waals surface area contributed by atoms with Crippen LogP contribution in [-0.2, 0) is 0 Å². The number of hydrogen-bond acceptors (Lipinski definition) is 2. The van der Waals surface area contributed by atoms with Gasteiger partial charge in [0.15, 0.2) is 0 Å². The van der Waals surface area contributed by atoms with Crippen molar-refractivity contribution >= 4 is 78.8 Å². The van der Waals surface area contributed by atoms with Crippen LogP contribution in [0.3, 0.4) is 0 Å². The zero-order valence-corrected chi connectivity index (χ0v) is 31.8. The van der Waals surface area contributed by atoms with Crippen molar-refractivity contribution < 1.29 is 0 Å². The Hall–Kier alpha value is -6.84. The molecule has 0 amide bonds. The summed E-state index contributed by atoms with van der Waals surface area (Å²) in [6, 6.07) is 67.7. The number of anilines is 6. The van der Waals surface area contributed by atoms with Crippen molar-refractivity contribution in [3.8, 4) is 22.3 Å². The lowest BCUT2D eigenvalue weighted by atomic mass is 9.33. The molecule has 9 aromatic carbocycles. The summed E-state index contributed by atoms with van der Waals surface area (Å²) in [5.41, 5.74) is 20.0. The monoisotopic (exact) mass is 714 g/mol. The highest BCUT2D eigenvalue weighted by molar-refractivity contribution is 7.00. The Morgan fingerprint density at radius 1 is 0.375 bits per heavy atom. The van der Waals surface area contributed by atoms with Crippen LogP contribution >= 0.6 is 0 Å². The van der Waals surface area contributed by atoms with Gasteiger partial charge in [-0.1, -0.05) is 168 Å². The molecule has 2 aliphatic heterocycles. The second-order valence-corrected chi connectivity index (χ2v) is 15.5. The number of fused-ring (bicyclic) bond motifs is 7. The van der Waals surface area contributed by atoms with E-state index in [0.717, 1.165) is 5.69 Å². The van der Waals surface area contributed by atoms with Crippen LogP contribution in [0.15, 0.2) is 182 Å². The molecule has 0 N–H and O–H groups in total. The Labute approximate surface area is 329 Å². The molecule has 0 bridgehead atoms. The quantitative estimate of drug-likeness (QED) is 0.168. The molecular formula is C53H39BN2. The number of rotatable bonds is 4. The molecule has 0 saturated carbocycles. The van der Waals surface area contributed by atoms with Gasteiger partial charge in [-0.3, -0.25) is 0 Å². The molecule has 264 valence electrons. The van der Waals surface area contributed by atoms with Crippen molar-refractivity contribution in [1.29, 1.82) is 0 Å². The SMILES string of the molecule is Cc1cc(C)c(B2c3ccc(-c4ccccc4)cc3N3c4cc5ccccc5cc4N(c4cccc(-c5ccccc5)c4)c4cc5ccccc5c2c43)c(C)c1. The normalized spacial score (nSPS) is 12.8. The van der Waals surface area contributed by atoms with Gasteiger partial charge in [0.05, 0.1) is 22.7 Å². The van der Waals surface area contributed by atoms with Gasteiger partial charge in [-0.2, -0.15) is 0 Å². The highest BCUT2D eigenvalue weighted by Crippen LogP contribution is 2.57. The minimum atomic E-state index is 0.0195. The molecule has 0 unspecified atom stereocenters. The molecule has 11 rings (SSSR count). The van der Waals surface area contributed by atoms with E-state index in [1.54, 1.807) is 0 Å². The molecule has 3 heteroatoms. The molecule has 2 nitrogen and oxygen atoms in total. The maximum Gasteiger partial charge on any atom is 0.248 e. The number of nitrogens with zero attached hydrogens (tertiary/aromatic N) is 2. The predicted molar refractivity (Wildman–Crippen MR) is 241 cm³/mol. The van der Waals surface area contributed by atoms with E-state index in [-0.39, 0.29) is 6.71 Å². The van der Waals surface area contributed by atoms with Gasteiger partial charge in [-0.05, 0) is 112 Å². The third kappa shape index (κ3) is 4.97. The minimum absolute atomic E-state index is 0.0195. The summed E-state index contributed by atoms with van der Waals surface area (Å²) in [5.74, 6) is 0. The predicted octanol–water partition coefficient (Wildman–Crippen LogP) is 12.3. The standard InChI is InChI=1S/C53H39BN2/c1-34-27-35(2)51(36(3)28-34)54-46-26-25-42(38-17-8-5-9-18-38)30-47(46)56-49-32-41-20-11-10-19-40(41)31-48(49)55(44-23-14-22-39(29-44)37-15-6-4-7-16-37)50-33-43-21-12-13-24-45(43)52(54)53(50)56/h4-33H,1-3H3. The van der Waals surface area contributed by atoms with Crippen LogP contribution in [0.5, 0.6) is 0 Å². The van der Waals surface area contributed by atoms with Crippen molar-refractivity contribution in [3.05, 3.63) is 199 Å². The zero-order valence-electron chi connectivity index (χ0n) is 31.8. The lowest BCUT2D eigenvalue weighted by Gasteiger charge is -2.46. The van der Waals surface area contributed by atoms with E-state index in [9.17, 15) is 0 Å². The fraction of sp³-hybridized carbons (Fsp3) is 0.0566. The maximum atomic E-state index is 2.60. The molecule has 0 aliphatic carbocycles. The van der Waals surface area contributed by atoms with E-state index >= 15 is 0 Å². The fourth-order valence-corrected chi connectivity index (χ4v) is 9.75. The van der Waals surface area contributed by atoms with E-state index in [2.05, 4.69) is 213 Å². The Bertz CT molecular complexity index is 3000. The summed E-state index contributed by atoms with van der Waals surface area (Å²) in [5, 5.41) is 4.98. The maximum absolute atomic E-state index is 2.60. The van der Waals surface area contributed by atoms with Gasteiger partial charge in [0.1, 0.15) is 0 Å². The second-order valence-electron chi connectivity index (χ2n) is 15.5. The second kappa shape index (κ2) is 12.6. The Balaban J connectivity index is 1.30. The zero-order chi connectivity index (χ0) is 37.5. The summed E-state index contributed by atoms with van der Waals surface area (Å²) >= 11 is 0. The average Bonchev–Trinajstić information content (AvgIpc) is 3.23. The van der Waals surface area contributed by atoms with Crippen LogP contribution in [0.25, 0.3) is 43.8 Å². The van der Waals surface area contributed by atoms with Crippen LogP contribution in [0.2, 0.25) is 0 Å². The molecule has 56 heavy (non-hydrogen) atoms. The van der Waals surface area contributed by atoms with Gasteiger partial charge >= 0.3 is 0 Å². The number of benzene rings is 9. The van der Waals surface area contributed by atoms with Crippen LogP contribution in [0, 0.1) is 20.8 Å². The molecule has 9 aromatic rings. The first-order chi connectivity index (χ1) is 27.5. The van der Waals surface area contributed by atoms with E-state index in [1.807, 2.05) is 0 Å². The Morgan fingerprint density at radius 3 is 1.61 bits per heavy atom. The molecule has 2 heterocycles. The van der Waals surface area contributed by atoms with Crippen LogP contribution in [0.4, 0.5) is 34.1 Å². The molecule has 2 aliphatic rings. The fourth-order valence-electron chi connectivity index (χ4n) is 9.75. The number of hydrogen-bond donors (Lipinski definition) is 0. The molecule has 0 aromatic heterocycles. The van der Waals surface area contributed by atoms with Gasteiger partial charge < -0.3 is 9.80 Å². The molecule has 0 atom stereocenters. The summed E-state index contributed by atoms with van der Waals surface area (Å²) in [7, 11) is 0. The summed E-state index contributed by atoms with van der Waals surface area (Å²) in [6.07, 6.45) is 0. The van der Waals surface area contributed by atoms with Crippen LogP contribution in [0.1, 0.15) is 16.7 Å². The lowest BCUT2D eigenvalue weighted by molar-refractivity contribution is 1.18.